The molecule has 224 valence electrons. The highest BCUT2D eigenvalue weighted by molar-refractivity contribution is 8.14. The number of hydrogen-bond acceptors (Lipinski definition) is 5. The molecule has 1 fully saturated rings. The molecule has 2 amide bonds. The first-order valence-corrected chi connectivity index (χ1v) is 15.0. The first kappa shape index (κ1) is 30.1. The van der Waals surface area contributed by atoms with Gasteiger partial charge in [0.05, 0.1) is 5.69 Å². The number of amidine groups is 1. The van der Waals surface area contributed by atoms with E-state index in [-0.39, 0.29) is 17.7 Å². The number of aromatic nitrogens is 3. The number of hydrogen-bond donors (Lipinski definition) is 1. The number of aliphatic imine (C=N–C) groups is 1. The number of carbonyl (C=O) groups excluding carboxylic acids is 1. The number of rotatable bonds is 9. The minimum Gasteiger partial charge on any atom is -0.406 e. The second kappa shape index (κ2) is 13.3. The molecular weight excluding hydrogens is 577 g/mol. The van der Waals surface area contributed by atoms with Crippen molar-refractivity contribution in [1.29, 1.82) is 0 Å². The van der Waals surface area contributed by atoms with Gasteiger partial charge in [0, 0.05) is 36.0 Å². The summed E-state index contributed by atoms with van der Waals surface area (Å²) in [5.74, 6) is 1.14. The Morgan fingerprint density at radius 1 is 1.07 bits per heavy atom. The van der Waals surface area contributed by atoms with Crippen LogP contribution in [-0.4, -0.2) is 51.2 Å². The number of urea groups is 1. The van der Waals surface area contributed by atoms with Gasteiger partial charge in [-0.25, -0.2) is 14.5 Å². The molecule has 0 saturated carbocycles. The number of alkyl halides is 3. The van der Waals surface area contributed by atoms with Gasteiger partial charge in [-0.3, -0.25) is 0 Å². The van der Waals surface area contributed by atoms with Gasteiger partial charge in [-0.2, -0.15) is 4.99 Å². The number of anilines is 1. The van der Waals surface area contributed by atoms with Crippen LogP contribution in [0.25, 0.3) is 17.1 Å². The summed E-state index contributed by atoms with van der Waals surface area (Å²) in [6.07, 6.45) is -1.52. The van der Waals surface area contributed by atoms with E-state index in [9.17, 15) is 18.0 Å². The van der Waals surface area contributed by atoms with Crippen LogP contribution in [0.15, 0.2) is 84.1 Å². The van der Waals surface area contributed by atoms with Gasteiger partial charge in [-0.05, 0) is 54.3 Å². The van der Waals surface area contributed by atoms with Gasteiger partial charge in [0.1, 0.15) is 12.1 Å². The average molecular weight is 609 g/mol. The molecule has 0 radical (unpaired) electrons. The van der Waals surface area contributed by atoms with Crippen molar-refractivity contribution in [2.24, 2.45) is 4.99 Å². The number of para-hydroxylation sites is 1. The van der Waals surface area contributed by atoms with Crippen LogP contribution in [0.3, 0.4) is 0 Å². The fourth-order valence-corrected chi connectivity index (χ4v) is 5.80. The Hall–Kier alpha value is -4.32. The number of aryl methyl sites for hydroxylation is 1. The topological polar surface area (TPSA) is 84.6 Å². The summed E-state index contributed by atoms with van der Waals surface area (Å²) in [4.78, 5) is 23.7. The van der Waals surface area contributed by atoms with Crippen molar-refractivity contribution in [3.8, 4) is 22.8 Å². The van der Waals surface area contributed by atoms with E-state index >= 15 is 0 Å². The summed E-state index contributed by atoms with van der Waals surface area (Å²) < 4.78 is 42.7. The van der Waals surface area contributed by atoms with Crippen molar-refractivity contribution >= 4 is 28.6 Å². The predicted molar refractivity (Wildman–Crippen MR) is 163 cm³/mol. The van der Waals surface area contributed by atoms with Crippen molar-refractivity contribution in [2.75, 3.05) is 23.7 Å². The Kier molecular flexibility index (Phi) is 9.34. The van der Waals surface area contributed by atoms with Gasteiger partial charge in [-0.15, -0.1) is 18.3 Å². The van der Waals surface area contributed by atoms with E-state index in [0.29, 0.717) is 23.2 Å². The number of benzene rings is 3. The van der Waals surface area contributed by atoms with Crippen LogP contribution in [0.1, 0.15) is 37.3 Å². The van der Waals surface area contributed by atoms with Crippen molar-refractivity contribution in [2.45, 2.75) is 39.0 Å². The third-order valence-electron chi connectivity index (χ3n) is 7.10. The first-order chi connectivity index (χ1) is 20.7. The Morgan fingerprint density at radius 3 is 2.51 bits per heavy atom. The van der Waals surface area contributed by atoms with Gasteiger partial charge in [0.25, 0.3) is 0 Å². The molecule has 1 N–H and O–H groups in total. The molecule has 1 aliphatic rings. The number of amides is 2. The summed E-state index contributed by atoms with van der Waals surface area (Å²) in [6.45, 7) is 5.45. The number of nitrogens with zero attached hydrogens (tertiary/aromatic N) is 5. The highest BCUT2D eigenvalue weighted by Crippen LogP contribution is 2.29. The van der Waals surface area contributed by atoms with Crippen molar-refractivity contribution in [3.63, 3.8) is 0 Å². The molecule has 1 aliphatic heterocycles. The van der Waals surface area contributed by atoms with Crippen molar-refractivity contribution < 1.29 is 22.7 Å². The van der Waals surface area contributed by atoms with Gasteiger partial charge < -0.3 is 15.0 Å². The smallest absolute Gasteiger partial charge is 0.406 e. The summed E-state index contributed by atoms with van der Waals surface area (Å²) in [6, 6.07) is 21.1. The number of thioether (sulfide) groups is 1. The van der Waals surface area contributed by atoms with Crippen LogP contribution < -0.4 is 15.0 Å². The number of carbonyl (C=O) groups is 1. The third kappa shape index (κ3) is 7.56. The van der Waals surface area contributed by atoms with E-state index in [1.54, 1.807) is 11.8 Å². The van der Waals surface area contributed by atoms with Gasteiger partial charge in [-0.1, -0.05) is 68.1 Å². The van der Waals surface area contributed by atoms with Crippen LogP contribution in [0.5, 0.6) is 5.75 Å². The maximum atomic E-state index is 12.8. The number of ether oxygens (including phenoxy) is 1. The number of nitrogens with one attached hydrogen (secondary N) is 1. The van der Waals surface area contributed by atoms with Crippen LogP contribution in [0.4, 0.5) is 23.7 Å². The van der Waals surface area contributed by atoms with E-state index in [1.165, 1.54) is 40.8 Å². The van der Waals surface area contributed by atoms with Gasteiger partial charge in [0.15, 0.2) is 11.0 Å². The van der Waals surface area contributed by atoms with Gasteiger partial charge in [0.2, 0.25) is 0 Å². The van der Waals surface area contributed by atoms with Gasteiger partial charge >= 0.3 is 12.4 Å². The van der Waals surface area contributed by atoms with Crippen LogP contribution >= 0.6 is 11.8 Å². The highest BCUT2D eigenvalue weighted by Gasteiger charge is 2.31. The molecule has 1 saturated heterocycles. The second-order valence-corrected chi connectivity index (χ2v) is 10.9. The summed E-state index contributed by atoms with van der Waals surface area (Å²) in [7, 11) is 0. The molecule has 0 bridgehead atoms. The lowest BCUT2D eigenvalue weighted by Gasteiger charge is -2.21. The lowest BCUT2D eigenvalue weighted by Crippen LogP contribution is -2.30. The molecule has 4 aromatic rings. The maximum Gasteiger partial charge on any atom is 0.573 e. The lowest BCUT2D eigenvalue weighted by molar-refractivity contribution is -0.274. The Balaban J connectivity index is 1.20. The third-order valence-corrected chi connectivity index (χ3v) is 8.05. The zero-order valence-corrected chi connectivity index (χ0v) is 24.5. The quantitative estimate of drug-likeness (QED) is 0.216. The molecular formula is C31H31F3N6O2S. The summed E-state index contributed by atoms with van der Waals surface area (Å²) in [5.41, 5.74) is 4.72. The monoisotopic (exact) mass is 608 g/mol. The van der Waals surface area contributed by atoms with Crippen LogP contribution in [-0.2, 0) is 6.42 Å². The summed E-state index contributed by atoms with van der Waals surface area (Å²) in [5, 5.41) is 8.16. The van der Waals surface area contributed by atoms with Crippen molar-refractivity contribution in [3.05, 3.63) is 90.3 Å². The fourth-order valence-electron chi connectivity index (χ4n) is 4.85. The lowest BCUT2D eigenvalue weighted by atomic mass is 9.95. The van der Waals surface area contributed by atoms with E-state index in [1.807, 2.05) is 36.4 Å². The van der Waals surface area contributed by atoms with Crippen molar-refractivity contribution in [1.82, 2.24) is 20.1 Å². The molecule has 3 aromatic carbocycles. The molecule has 1 atom stereocenters. The molecule has 1 aromatic heterocycles. The minimum atomic E-state index is -4.75. The fraction of sp³-hybridized carbons (Fsp3) is 0.290. The van der Waals surface area contributed by atoms with E-state index in [2.05, 4.69) is 56.0 Å². The predicted octanol–water partition coefficient (Wildman–Crippen LogP) is 7.21. The molecule has 0 spiro atoms. The highest BCUT2D eigenvalue weighted by atomic mass is 32.2. The molecule has 5 rings (SSSR count). The normalized spacial score (nSPS) is 15.1. The zero-order chi connectivity index (χ0) is 30.4. The van der Waals surface area contributed by atoms with E-state index in [4.69, 9.17) is 0 Å². The Labute approximate surface area is 252 Å². The van der Waals surface area contributed by atoms with E-state index < -0.39 is 6.36 Å². The molecule has 1 unspecified atom stereocenters. The van der Waals surface area contributed by atoms with Crippen LogP contribution in [0, 0.1) is 0 Å². The minimum absolute atomic E-state index is 0.0919. The molecule has 2 heterocycles. The summed E-state index contributed by atoms with van der Waals surface area (Å²) >= 11 is 1.59. The Morgan fingerprint density at radius 2 is 1.81 bits per heavy atom. The zero-order valence-electron chi connectivity index (χ0n) is 23.7. The van der Waals surface area contributed by atoms with Crippen LogP contribution in [0.2, 0.25) is 0 Å². The Bertz CT molecular complexity index is 1570. The average Bonchev–Trinajstić information content (AvgIpc) is 3.68. The SMILES string of the molecule is CCc1ccccc1N1CCSC1=NC(=O)NCC(CC)c1ccc(-c2ncn(-c3ccc(OC(F)(F)F)cc3)n2)cc1. The second-order valence-electron chi connectivity index (χ2n) is 9.84. The maximum absolute atomic E-state index is 12.8. The molecule has 8 nitrogen and oxygen atoms in total. The first-order valence-electron chi connectivity index (χ1n) is 14.0. The molecule has 12 heteroatoms. The standard InChI is InChI=1S/C31H31F3N6O2S/c1-3-21-7-5-6-8-27(21)39-17-18-43-30(39)37-29(41)35-19-22(4-2)23-9-11-24(12-10-23)28-36-20-40(38-28)25-13-15-26(16-14-25)42-31(32,33)34/h5-16,20,22H,3-4,17-19H2,1-2H3,(H,35,41). The molecule has 0 aliphatic carbocycles. The van der Waals surface area contributed by atoms with E-state index in [0.717, 1.165) is 42.0 Å². The number of halogens is 3. The molecule has 43 heavy (non-hydrogen) atoms. The largest absolute Gasteiger partial charge is 0.573 e.